The fraction of sp³-hybridized carbons (Fsp3) is 0.462. The highest BCUT2D eigenvalue weighted by Crippen LogP contribution is 2.22. The molecule has 1 aromatic carbocycles. The van der Waals surface area contributed by atoms with Gasteiger partial charge < -0.3 is 10.2 Å². The van der Waals surface area contributed by atoms with Crippen LogP contribution in [0, 0.1) is 5.82 Å². The van der Waals surface area contributed by atoms with E-state index in [1.165, 1.54) is 12.1 Å². The summed E-state index contributed by atoms with van der Waals surface area (Å²) in [6.45, 7) is 4.21. The lowest BCUT2D eigenvalue weighted by Gasteiger charge is -2.27. The fourth-order valence-electron chi connectivity index (χ4n) is 2.30. The van der Waals surface area contributed by atoms with Crippen LogP contribution in [0.3, 0.4) is 0 Å². The van der Waals surface area contributed by atoms with Gasteiger partial charge in [0.05, 0.1) is 10.6 Å². The first-order chi connectivity index (χ1) is 8.65. The maximum absolute atomic E-state index is 13.4. The lowest BCUT2D eigenvalue weighted by atomic mass is 10.1. The van der Waals surface area contributed by atoms with Crippen LogP contribution in [-0.4, -0.2) is 36.5 Å². The third kappa shape index (κ3) is 2.49. The van der Waals surface area contributed by atoms with Gasteiger partial charge in [-0.2, -0.15) is 0 Å². The van der Waals surface area contributed by atoms with E-state index in [4.69, 9.17) is 11.6 Å². The fourth-order valence-corrected chi connectivity index (χ4v) is 2.50. The highest BCUT2D eigenvalue weighted by Gasteiger charge is 2.27. The van der Waals surface area contributed by atoms with Gasteiger partial charge >= 0.3 is 0 Å². The molecular weight excluding hydrogens is 255 g/mol. The summed E-state index contributed by atoms with van der Waals surface area (Å²) in [6.07, 6.45) is 0.923. The predicted octanol–water partition coefficient (Wildman–Crippen LogP) is 2.30. The van der Waals surface area contributed by atoms with Gasteiger partial charge in [0.25, 0.3) is 5.91 Å². The van der Waals surface area contributed by atoms with E-state index >= 15 is 0 Å². The Morgan fingerprint density at radius 2 is 2.39 bits per heavy atom. The molecule has 5 heteroatoms. The molecule has 1 fully saturated rings. The first-order valence-corrected chi connectivity index (χ1v) is 6.48. The molecule has 1 unspecified atom stereocenters. The Bertz CT molecular complexity index is 447. The van der Waals surface area contributed by atoms with E-state index in [-0.39, 0.29) is 22.5 Å². The predicted molar refractivity (Wildman–Crippen MR) is 69.4 cm³/mol. The summed E-state index contributed by atoms with van der Waals surface area (Å²) in [5.41, 5.74) is 0.241. The van der Waals surface area contributed by atoms with E-state index in [2.05, 4.69) is 5.32 Å². The molecule has 0 aromatic heterocycles. The van der Waals surface area contributed by atoms with Crippen LogP contribution in [-0.2, 0) is 0 Å². The Hall–Kier alpha value is -1.13. The van der Waals surface area contributed by atoms with Gasteiger partial charge in [-0.15, -0.1) is 0 Å². The molecule has 1 aliphatic heterocycles. The summed E-state index contributed by atoms with van der Waals surface area (Å²) in [6, 6.07) is 4.50. The van der Waals surface area contributed by atoms with E-state index in [0.29, 0.717) is 6.54 Å². The van der Waals surface area contributed by atoms with Crippen molar-refractivity contribution in [3.63, 3.8) is 0 Å². The Balaban J connectivity index is 2.25. The topological polar surface area (TPSA) is 32.3 Å². The smallest absolute Gasteiger partial charge is 0.255 e. The summed E-state index contributed by atoms with van der Waals surface area (Å²) in [7, 11) is 0. The second-order valence-electron chi connectivity index (χ2n) is 4.34. The number of nitrogens with zero attached hydrogens (tertiary/aromatic N) is 1. The zero-order valence-corrected chi connectivity index (χ0v) is 11.0. The zero-order chi connectivity index (χ0) is 13.1. The molecular formula is C13H16ClFN2O. The van der Waals surface area contributed by atoms with Crippen molar-refractivity contribution >= 4 is 17.5 Å². The minimum atomic E-state index is -0.553. The van der Waals surface area contributed by atoms with Crippen LogP contribution in [0.5, 0.6) is 0 Å². The van der Waals surface area contributed by atoms with Crippen molar-refractivity contribution in [3.8, 4) is 0 Å². The molecule has 1 heterocycles. The van der Waals surface area contributed by atoms with Crippen LogP contribution >= 0.6 is 11.6 Å². The van der Waals surface area contributed by atoms with Crippen molar-refractivity contribution < 1.29 is 9.18 Å². The number of likely N-dealkylation sites (N-methyl/N-ethyl adjacent to an activating group) is 1. The highest BCUT2D eigenvalue weighted by atomic mass is 35.5. The second-order valence-corrected chi connectivity index (χ2v) is 4.72. The number of rotatable bonds is 3. The maximum Gasteiger partial charge on any atom is 0.255 e. The van der Waals surface area contributed by atoms with E-state index in [9.17, 15) is 9.18 Å². The number of benzene rings is 1. The zero-order valence-electron chi connectivity index (χ0n) is 10.2. The largest absolute Gasteiger partial charge is 0.335 e. The average molecular weight is 271 g/mol. The van der Waals surface area contributed by atoms with Crippen LogP contribution in [0.15, 0.2) is 18.2 Å². The van der Waals surface area contributed by atoms with Crippen LogP contribution in [0.25, 0.3) is 0 Å². The van der Waals surface area contributed by atoms with Gasteiger partial charge in [0, 0.05) is 19.1 Å². The molecule has 1 aromatic rings. The molecule has 0 aliphatic carbocycles. The number of halogens is 2. The lowest BCUT2D eigenvalue weighted by molar-refractivity contribution is 0.0703. The molecule has 2 rings (SSSR count). The first-order valence-electron chi connectivity index (χ1n) is 6.10. The summed E-state index contributed by atoms with van der Waals surface area (Å²) >= 11 is 5.86. The summed E-state index contributed by atoms with van der Waals surface area (Å²) in [4.78, 5) is 14.1. The number of carbonyl (C=O) groups excluding carboxylic acids is 1. The molecule has 1 saturated heterocycles. The van der Waals surface area contributed by atoms with Gasteiger partial charge in [-0.25, -0.2) is 4.39 Å². The van der Waals surface area contributed by atoms with Crippen LogP contribution in [0.1, 0.15) is 23.7 Å². The molecule has 1 N–H and O–H groups in total. The second kappa shape index (κ2) is 5.67. The molecule has 98 valence electrons. The monoisotopic (exact) mass is 270 g/mol. The number of carbonyl (C=O) groups is 1. The average Bonchev–Trinajstić information content (AvgIpc) is 2.87. The van der Waals surface area contributed by atoms with Crippen LogP contribution in [0.2, 0.25) is 5.02 Å². The molecule has 0 bridgehead atoms. The Morgan fingerprint density at radius 1 is 1.61 bits per heavy atom. The normalized spacial score (nSPS) is 18.9. The van der Waals surface area contributed by atoms with Crippen LogP contribution < -0.4 is 5.32 Å². The van der Waals surface area contributed by atoms with E-state index in [1.54, 1.807) is 11.0 Å². The molecule has 3 nitrogen and oxygen atoms in total. The molecule has 18 heavy (non-hydrogen) atoms. The Kier molecular flexibility index (Phi) is 4.19. The SMILES string of the molecule is CCN(C(=O)c1cccc(F)c1Cl)C1CCNC1. The third-order valence-electron chi connectivity index (χ3n) is 3.26. The summed E-state index contributed by atoms with van der Waals surface area (Å²) < 4.78 is 13.4. The van der Waals surface area contributed by atoms with Crippen molar-refractivity contribution in [2.24, 2.45) is 0 Å². The van der Waals surface area contributed by atoms with Gasteiger partial charge in [-0.05, 0) is 32.0 Å². The summed E-state index contributed by atoms with van der Waals surface area (Å²) in [5.74, 6) is -0.751. The number of hydrogen-bond donors (Lipinski definition) is 1. The number of hydrogen-bond acceptors (Lipinski definition) is 2. The number of nitrogens with one attached hydrogen (secondary N) is 1. The Morgan fingerprint density at radius 3 is 3.00 bits per heavy atom. The van der Waals surface area contributed by atoms with Gasteiger partial charge in [0.15, 0.2) is 0 Å². The minimum Gasteiger partial charge on any atom is -0.335 e. The van der Waals surface area contributed by atoms with Gasteiger partial charge in [0.2, 0.25) is 0 Å². The maximum atomic E-state index is 13.4. The van der Waals surface area contributed by atoms with Crippen molar-refractivity contribution in [1.82, 2.24) is 10.2 Å². The molecule has 0 radical (unpaired) electrons. The van der Waals surface area contributed by atoms with Gasteiger partial charge in [-0.3, -0.25) is 4.79 Å². The van der Waals surface area contributed by atoms with Crippen molar-refractivity contribution in [2.45, 2.75) is 19.4 Å². The highest BCUT2D eigenvalue weighted by molar-refractivity contribution is 6.34. The van der Waals surface area contributed by atoms with Crippen LogP contribution in [0.4, 0.5) is 4.39 Å². The van der Waals surface area contributed by atoms with Gasteiger partial charge in [-0.1, -0.05) is 17.7 Å². The standard InChI is InChI=1S/C13H16ClFN2O/c1-2-17(9-6-7-16-8-9)13(18)10-4-3-5-11(15)12(10)14/h3-5,9,16H,2,6-8H2,1H3. The summed E-state index contributed by atoms with van der Waals surface area (Å²) in [5, 5.41) is 3.13. The van der Waals surface area contributed by atoms with E-state index in [0.717, 1.165) is 19.5 Å². The van der Waals surface area contributed by atoms with Crippen molar-refractivity contribution in [1.29, 1.82) is 0 Å². The molecule has 0 saturated carbocycles. The Labute approximate surface area is 111 Å². The molecule has 1 aliphatic rings. The van der Waals surface area contributed by atoms with E-state index in [1.807, 2.05) is 6.92 Å². The van der Waals surface area contributed by atoms with Crippen molar-refractivity contribution in [2.75, 3.05) is 19.6 Å². The quantitative estimate of drug-likeness (QED) is 0.914. The third-order valence-corrected chi connectivity index (χ3v) is 3.64. The number of amides is 1. The molecule has 0 spiro atoms. The minimum absolute atomic E-state index is 0.0908. The lowest BCUT2D eigenvalue weighted by Crippen LogP contribution is -2.41. The van der Waals surface area contributed by atoms with Crippen molar-refractivity contribution in [3.05, 3.63) is 34.6 Å². The molecule has 1 atom stereocenters. The van der Waals surface area contributed by atoms with Gasteiger partial charge in [0.1, 0.15) is 5.82 Å². The van der Waals surface area contributed by atoms with E-state index < -0.39 is 5.82 Å². The first kappa shape index (κ1) is 13.3. The molecule has 1 amide bonds.